The molecule has 0 aromatic heterocycles. The highest BCUT2D eigenvalue weighted by Gasteiger charge is 2.23. The Kier molecular flexibility index (Phi) is 17.2. The van der Waals surface area contributed by atoms with Gasteiger partial charge in [0.05, 0.1) is 16.3 Å². The van der Waals surface area contributed by atoms with Gasteiger partial charge in [0.15, 0.2) is 0 Å². The van der Waals surface area contributed by atoms with E-state index in [0.29, 0.717) is 11.3 Å². The number of carbonyl (C=O) groups is 7. The van der Waals surface area contributed by atoms with Gasteiger partial charge in [-0.1, -0.05) is 48.5 Å². The van der Waals surface area contributed by atoms with Crippen LogP contribution in [0, 0.1) is 20.2 Å². The molecule has 0 heterocycles. The first-order chi connectivity index (χ1) is 32.9. The minimum absolute atomic E-state index is 0.00493. The van der Waals surface area contributed by atoms with Crippen LogP contribution in [0.4, 0.5) is 47.6 Å². The summed E-state index contributed by atoms with van der Waals surface area (Å²) in [4.78, 5) is 110. The van der Waals surface area contributed by atoms with Crippen molar-refractivity contribution in [1.29, 1.82) is 0 Å². The number of anilines is 3. The van der Waals surface area contributed by atoms with Gasteiger partial charge in [-0.15, -0.1) is 0 Å². The van der Waals surface area contributed by atoms with E-state index in [1.54, 1.807) is 24.3 Å². The van der Waals surface area contributed by atoms with Crippen LogP contribution in [0.1, 0.15) is 43.0 Å². The zero-order valence-corrected chi connectivity index (χ0v) is 36.4. The first-order valence-electron chi connectivity index (χ1n) is 20.1. The first kappa shape index (κ1) is 50.4. The number of rotatable bonds is 19. The maximum absolute atomic E-state index is 13.3. The SMILES string of the molecule is CN(CCN(C)C(=O)Oc1ccc(COC(=O)Nc2ccc([N+](=O)[O-])c(C(=O)O)c2)cc1COC(=O)Nc1ccc([N+](=O)[O-])c(C(=O)O)c1)C(=O)OCc1ccc(NC(=O)Cc2ccccc2)cc1. The minimum Gasteiger partial charge on any atom is -0.477 e. The molecule has 0 radical (unpaired) electrons. The van der Waals surface area contributed by atoms with E-state index in [-0.39, 0.29) is 60.3 Å². The highest BCUT2D eigenvalue weighted by atomic mass is 16.6. The molecule has 5 aromatic rings. The Labute approximate surface area is 390 Å². The summed E-state index contributed by atoms with van der Waals surface area (Å²) in [6.07, 6.45) is -3.67. The van der Waals surface area contributed by atoms with Gasteiger partial charge in [0.1, 0.15) is 36.7 Å². The number of nitro benzene ring substituents is 2. The van der Waals surface area contributed by atoms with Crippen molar-refractivity contribution in [3.05, 3.63) is 163 Å². The lowest BCUT2D eigenvalue weighted by Gasteiger charge is -2.22. The number of carbonyl (C=O) groups excluding carboxylic acids is 5. The van der Waals surface area contributed by atoms with E-state index < -0.39 is 81.9 Å². The number of carboxylic acid groups (broad SMARTS) is 2. The lowest BCUT2D eigenvalue weighted by atomic mass is 10.1. The zero-order chi connectivity index (χ0) is 50.2. The van der Waals surface area contributed by atoms with Crippen molar-refractivity contribution >= 4 is 70.7 Å². The molecule has 0 saturated heterocycles. The monoisotopic (exact) mass is 951 g/mol. The Morgan fingerprint density at radius 3 is 1.58 bits per heavy atom. The Balaban J connectivity index is 1.18. The van der Waals surface area contributed by atoms with Crippen LogP contribution in [-0.2, 0) is 45.2 Å². The largest absolute Gasteiger partial charge is 0.477 e. The minimum atomic E-state index is -1.63. The molecule has 5 amide bonds. The molecule has 0 spiro atoms. The lowest BCUT2D eigenvalue weighted by molar-refractivity contribution is -0.385. The molecule has 24 nitrogen and oxygen atoms in total. The number of benzene rings is 5. The highest BCUT2D eigenvalue weighted by Crippen LogP contribution is 2.26. The van der Waals surface area contributed by atoms with Gasteiger partial charge in [0, 0.05) is 61.9 Å². The number of nitro groups is 2. The third kappa shape index (κ3) is 15.0. The molecule has 5 N–H and O–H groups in total. The van der Waals surface area contributed by atoms with E-state index in [0.717, 1.165) is 46.9 Å². The number of amides is 5. The number of ether oxygens (including phenoxy) is 4. The van der Waals surface area contributed by atoms with Gasteiger partial charge >= 0.3 is 36.3 Å². The van der Waals surface area contributed by atoms with Gasteiger partial charge < -0.3 is 44.3 Å². The molecule has 0 bridgehead atoms. The number of carboxylic acids is 2. The van der Waals surface area contributed by atoms with E-state index in [4.69, 9.17) is 18.9 Å². The molecule has 0 unspecified atom stereocenters. The van der Waals surface area contributed by atoms with E-state index in [9.17, 15) is 64.0 Å². The Morgan fingerprint density at radius 1 is 0.551 bits per heavy atom. The smallest absolute Gasteiger partial charge is 0.415 e. The second kappa shape index (κ2) is 23.5. The molecule has 0 aliphatic carbocycles. The van der Waals surface area contributed by atoms with Crippen molar-refractivity contribution in [2.45, 2.75) is 26.2 Å². The van der Waals surface area contributed by atoms with E-state index in [2.05, 4.69) is 16.0 Å². The summed E-state index contributed by atoms with van der Waals surface area (Å²) in [6.45, 7) is -1.21. The summed E-state index contributed by atoms with van der Waals surface area (Å²) in [7, 11) is 2.83. The van der Waals surface area contributed by atoms with E-state index in [1.807, 2.05) is 30.3 Å². The van der Waals surface area contributed by atoms with Crippen molar-refractivity contribution in [1.82, 2.24) is 9.80 Å². The predicted octanol–water partition coefficient (Wildman–Crippen LogP) is 7.28. The standard InChI is InChI=1S/C45H41N7O17/c1-49(44(60)68-24-28-8-11-31(12-9-28)46-39(53)21-27-6-4-3-5-7-27)18-19-50(2)45(61)69-38-17-10-29(25-66-42(58)47-32-13-15-36(51(62)63)34(22-32)40(54)55)20-30(38)26-67-43(59)48-33-14-16-37(52(64)65)35(23-33)41(56)57/h3-17,20,22-23H,18-19,21,24-26H2,1-2H3,(H,46,53)(H,47,58)(H,48,59)(H,54,55)(H,56,57). The van der Waals surface area contributed by atoms with Crippen LogP contribution < -0.4 is 20.7 Å². The Hall–Kier alpha value is -9.61. The predicted molar refractivity (Wildman–Crippen MR) is 241 cm³/mol. The molecule has 358 valence electrons. The quantitative estimate of drug-likeness (QED) is 0.0308. The molecular weight excluding hydrogens is 911 g/mol. The highest BCUT2D eigenvalue weighted by molar-refractivity contribution is 5.96. The van der Waals surface area contributed by atoms with Crippen LogP contribution in [0.3, 0.4) is 0 Å². The van der Waals surface area contributed by atoms with Crippen LogP contribution in [0.25, 0.3) is 0 Å². The average molecular weight is 952 g/mol. The third-order valence-corrected chi connectivity index (χ3v) is 9.59. The fraction of sp³-hybridized carbons (Fsp3) is 0.178. The van der Waals surface area contributed by atoms with Crippen LogP contribution in [0.5, 0.6) is 5.75 Å². The van der Waals surface area contributed by atoms with Gasteiger partial charge in [-0.3, -0.25) is 35.7 Å². The fourth-order valence-corrected chi connectivity index (χ4v) is 6.00. The average Bonchev–Trinajstić information content (AvgIpc) is 3.31. The van der Waals surface area contributed by atoms with Crippen molar-refractivity contribution in [3.63, 3.8) is 0 Å². The molecule has 0 atom stereocenters. The molecule has 5 aromatic carbocycles. The van der Waals surface area contributed by atoms with Crippen molar-refractivity contribution in [3.8, 4) is 5.75 Å². The normalized spacial score (nSPS) is 10.4. The number of aromatic carboxylic acids is 2. The zero-order valence-electron chi connectivity index (χ0n) is 36.4. The third-order valence-electron chi connectivity index (χ3n) is 9.59. The van der Waals surface area contributed by atoms with Gasteiger partial charge in [0.25, 0.3) is 11.4 Å². The molecule has 5 rings (SSSR count). The molecule has 24 heteroatoms. The van der Waals surface area contributed by atoms with Crippen molar-refractivity contribution in [2.75, 3.05) is 43.1 Å². The molecular formula is C45H41N7O17. The summed E-state index contributed by atoms with van der Waals surface area (Å²) in [6, 6.07) is 25.6. The van der Waals surface area contributed by atoms with Crippen LogP contribution >= 0.6 is 0 Å². The van der Waals surface area contributed by atoms with Crippen molar-refractivity contribution in [2.24, 2.45) is 0 Å². The van der Waals surface area contributed by atoms with Gasteiger partial charge in [-0.05, 0) is 65.2 Å². The fourth-order valence-electron chi connectivity index (χ4n) is 6.00. The van der Waals surface area contributed by atoms with Crippen LogP contribution in [0.15, 0.2) is 109 Å². The Bertz CT molecular complexity index is 2770. The van der Waals surface area contributed by atoms with E-state index in [1.165, 1.54) is 37.2 Å². The maximum Gasteiger partial charge on any atom is 0.415 e. The second-order valence-electron chi connectivity index (χ2n) is 14.6. The summed E-state index contributed by atoms with van der Waals surface area (Å²) < 4.78 is 21.5. The topological polar surface area (TPSA) is 326 Å². The number of likely N-dealkylation sites (N-methyl/N-ethyl adjacent to an activating group) is 2. The second-order valence-corrected chi connectivity index (χ2v) is 14.6. The number of nitrogens with one attached hydrogen (secondary N) is 3. The number of hydrogen-bond donors (Lipinski definition) is 5. The van der Waals surface area contributed by atoms with Crippen LogP contribution in [0.2, 0.25) is 0 Å². The molecule has 0 saturated carbocycles. The maximum atomic E-state index is 13.3. The van der Waals surface area contributed by atoms with Gasteiger partial charge in [0.2, 0.25) is 5.91 Å². The van der Waals surface area contributed by atoms with Gasteiger partial charge in [-0.2, -0.15) is 0 Å². The summed E-state index contributed by atoms with van der Waals surface area (Å²) in [5, 5.41) is 48.5. The molecule has 0 aliphatic heterocycles. The molecule has 0 aliphatic rings. The van der Waals surface area contributed by atoms with E-state index >= 15 is 0 Å². The number of hydrogen-bond acceptors (Lipinski definition) is 15. The molecule has 69 heavy (non-hydrogen) atoms. The lowest BCUT2D eigenvalue weighted by Crippen LogP contribution is -2.38. The Morgan fingerprint density at radius 2 is 1.04 bits per heavy atom. The van der Waals surface area contributed by atoms with Crippen molar-refractivity contribution < 1.29 is 72.6 Å². The molecule has 0 fully saturated rings. The summed E-state index contributed by atoms with van der Waals surface area (Å²) >= 11 is 0. The number of nitrogens with zero attached hydrogens (tertiary/aromatic N) is 4. The summed E-state index contributed by atoms with van der Waals surface area (Å²) in [5.74, 6) is -3.58. The summed E-state index contributed by atoms with van der Waals surface area (Å²) in [5.41, 5.74) is -0.779. The van der Waals surface area contributed by atoms with Gasteiger partial charge in [-0.25, -0.2) is 28.8 Å². The van der Waals surface area contributed by atoms with Crippen LogP contribution in [-0.4, -0.2) is 99.3 Å². The first-order valence-corrected chi connectivity index (χ1v) is 20.1.